The molecule has 0 amide bonds. The predicted octanol–water partition coefficient (Wildman–Crippen LogP) is 1.45. The molecule has 3 heteroatoms. The molecule has 3 atom stereocenters. The van der Waals surface area contributed by atoms with E-state index in [2.05, 4.69) is 11.8 Å². The Morgan fingerprint density at radius 1 is 1.50 bits per heavy atom. The summed E-state index contributed by atoms with van der Waals surface area (Å²) in [4.78, 5) is 14.0. The van der Waals surface area contributed by atoms with Crippen LogP contribution in [0, 0.1) is 11.8 Å². The lowest BCUT2D eigenvalue weighted by Gasteiger charge is -2.46. The molecule has 2 aliphatic rings. The fourth-order valence-corrected chi connectivity index (χ4v) is 3.44. The van der Waals surface area contributed by atoms with Crippen LogP contribution in [0.2, 0.25) is 0 Å². The van der Waals surface area contributed by atoms with Gasteiger partial charge in [-0.25, -0.2) is 0 Å². The van der Waals surface area contributed by atoms with Crippen molar-refractivity contribution in [3.05, 3.63) is 0 Å². The number of Topliss-reactive ketones (excluding diaryl/α,β-unsaturated/α-hetero) is 1. The van der Waals surface area contributed by atoms with Crippen molar-refractivity contribution in [3.63, 3.8) is 0 Å². The summed E-state index contributed by atoms with van der Waals surface area (Å²) in [7, 11) is 0. The van der Waals surface area contributed by atoms with Gasteiger partial charge in [-0.3, -0.25) is 9.69 Å². The van der Waals surface area contributed by atoms with E-state index in [1.54, 1.807) is 0 Å². The van der Waals surface area contributed by atoms with Gasteiger partial charge in [0.15, 0.2) is 0 Å². The summed E-state index contributed by atoms with van der Waals surface area (Å²) in [6, 6.07) is 0.612. The van der Waals surface area contributed by atoms with E-state index >= 15 is 0 Å². The van der Waals surface area contributed by atoms with Gasteiger partial charge in [0.1, 0.15) is 5.78 Å². The molecule has 1 saturated heterocycles. The van der Waals surface area contributed by atoms with Crippen molar-refractivity contribution in [2.75, 3.05) is 19.7 Å². The Labute approximate surface area is 97.8 Å². The minimum absolute atomic E-state index is 0.275. The maximum Gasteiger partial charge on any atom is 0.133 e. The lowest BCUT2D eigenvalue weighted by Crippen LogP contribution is -2.52. The summed E-state index contributed by atoms with van der Waals surface area (Å²) >= 11 is 0. The fraction of sp³-hybridized carbons (Fsp3) is 0.923. The third-order valence-corrected chi connectivity index (χ3v) is 4.12. The highest BCUT2D eigenvalue weighted by molar-refractivity contribution is 5.79. The standard InChI is InChI=1S/C13H23NO2/c1-2-5-14-8-10(9-15)6-11-7-12(16)3-4-13(11)14/h10-11,13,15H,2-9H2,1H3. The molecule has 0 aromatic heterocycles. The van der Waals surface area contributed by atoms with Gasteiger partial charge in [-0.05, 0) is 37.6 Å². The number of hydrogen-bond donors (Lipinski definition) is 1. The van der Waals surface area contributed by atoms with Gasteiger partial charge >= 0.3 is 0 Å². The van der Waals surface area contributed by atoms with Crippen molar-refractivity contribution < 1.29 is 9.90 Å². The first kappa shape index (κ1) is 12.1. The summed E-state index contributed by atoms with van der Waals surface area (Å²) in [5.41, 5.74) is 0. The second-order valence-corrected chi connectivity index (χ2v) is 5.39. The molecular weight excluding hydrogens is 202 g/mol. The molecule has 3 nitrogen and oxygen atoms in total. The molecule has 1 aliphatic carbocycles. The normalized spacial score (nSPS) is 36.1. The second-order valence-electron chi connectivity index (χ2n) is 5.39. The van der Waals surface area contributed by atoms with E-state index in [0.717, 1.165) is 45.2 Å². The number of ketones is 1. The molecule has 1 saturated carbocycles. The van der Waals surface area contributed by atoms with Gasteiger partial charge in [0.05, 0.1) is 0 Å². The molecule has 0 aromatic carbocycles. The number of aliphatic hydroxyl groups excluding tert-OH is 1. The van der Waals surface area contributed by atoms with E-state index in [4.69, 9.17) is 0 Å². The van der Waals surface area contributed by atoms with Crippen LogP contribution in [-0.2, 0) is 4.79 Å². The number of nitrogens with zero attached hydrogens (tertiary/aromatic N) is 1. The van der Waals surface area contributed by atoms with E-state index < -0.39 is 0 Å². The lowest BCUT2D eigenvalue weighted by molar-refractivity contribution is -0.125. The van der Waals surface area contributed by atoms with Crippen molar-refractivity contribution in [1.29, 1.82) is 0 Å². The van der Waals surface area contributed by atoms with Gasteiger partial charge < -0.3 is 5.11 Å². The molecule has 1 aliphatic heterocycles. The maximum atomic E-state index is 11.5. The minimum atomic E-state index is 0.275. The number of piperidine rings is 1. The van der Waals surface area contributed by atoms with Crippen molar-refractivity contribution in [1.82, 2.24) is 4.90 Å². The van der Waals surface area contributed by atoms with Gasteiger partial charge in [0.25, 0.3) is 0 Å². The highest BCUT2D eigenvalue weighted by Crippen LogP contribution is 2.36. The Hall–Kier alpha value is -0.410. The SMILES string of the molecule is CCCN1CC(CO)CC2CC(=O)CCC21. The maximum absolute atomic E-state index is 11.5. The first-order valence-electron chi connectivity index (χ1n) is 6.61. The largest absolute Gasteiger partial charge is 0.396 e. The Morgan fingerprint density at radius 2 is 2.31 bits per heavy atom. The molecule has 0 bridgehead atoms. The average molecular weight is 225 g/mol. The van der Waals surface area contributed by atoms with Crippen molar-refractivity contribution in [2.24, 2.45) is 11.8 Å². The Balaban J connectivity index is 2.04. The van der Waals surface area contributed by atoms with Crippen LogP contribution in [0.25, 0.3) is 0 Å². The van der Waals surface area contributed by atoms with Crippen LogP contribution in [-0.4, -0.2) is 41.5 Å². The van der Waals surface area contributed by atoms with Gasteiger partial charge in [0, 0.05) is 32.0 Å². The van der Waals surface area contributed by atoms with Crippen LogP contribution < -0.4 is 0 Å². The lowest BCUT2D eigenvalue weighted by atomic mass is 9.74. The fourth-order valence-electron chi connectivity index (χ4n) is 3.44. The zero-order valence-electron chi connectivity index (χ0n) is 10.2. The van der Waals surface area contributed by atoms with E-state index in [1.165, 1.54) is 0 Å². The first-order chi connectivity index (χ1) is 7.74. The smallest absolute Gasteiger partial charge is 0.133 e. The van der Waals surface area contributed by atoms with Crippen LogP contribution in [0.4, 0.5) is 0 Å². The molecule has 16 heavy (non-hydrogen) atoms. The van der Waals surface area contributed by atoms with E-state index in [0.29, 0.717) is 23.7 Å². The highest BCUT2D eigenvalue weighted by Gasteiger charge is 2.38. The minimum Gasteiger partial charge on any atom is -0.396 e. The van der Waals surface area contributed by atoms with Gasteiger partial charge in [-0.2, -0.15) is 0 Å². The number of hydrogen-bond acceptors (Lipinski definition) is 3. The molecule has 2 fully saturated rings. The number of carbonyl (C=O) groups excluding carboxylic acids is 1. The summed E-state index contributed by atoms with van der Waals surface area (Å²) in [5, 5.41) is 9.32. The molecule has 3 unspecified atom stereocenters. The van der Waals surface area contributed by atoms with E-state index in [9.17, 15) is 9.90 Å². The van der Waals surface area contributed by atoms with Crippen LogP contribution in [0.5, 0.6) is 0 Å². The number of carbonyl (C=O) groups is 1. The molecule has 1 N–H and O–H groups in total. The number of likely N-dealkylation sites (tertiary alicyclic amines) is 1. The Kier molecular flexibility index (Phi) is 3.98. The molecule has 1 heterocycles. The summed E-state index contributed by atoms with van der Waals surface area (Å²) in [6.07, 6.45) is 4.77. The monoisotopic (exact) mass is 225 g/mol. The average Bonchev–Trinajstić information content (AvgIpc) is 2.28. The second kappa shape index (κ2) is 5.28. The number of fused-ring (bicyclic) bond motifs is 1. The summed E-state index contributed by atoms with van der Waals surface area (Å²) in [6.45, 7) is 4.62. The van der Waals surface area contributed by atoms with Gasteiger partial charge in [0.2, 0.25) is 0 Å². The van der Waals surface area contributed by atoms with E-state index in [1.807, 2.05) is 0 Å². The molecule has 0 radical (unpaired) electrons. The highest BCUT2D eigenvalue weighted by atomic mass is 16.3. The molecule has 0 aromatic rings. The summed E-state index contributed by atoms with van der Waals surface area (Å²) < 4.78 is 0. The molecular formula is C13H23NO2. The van der Waals surface area contributed by atoms with Crippen molar-refractivity contribution >= 4 is 5.78 Å². The third kappa shape index (κ3) is 2.46. The van der Waals surface area contributed by atoms with Gasteiger partial charge in [-0.1, -0.05) is 6.92 Å². The zero-order chi connectivity index (χ0) is 11.5. The summed E-state index contributed by atoms with van der Waals surface area (Å²) in [5.74, 6) is 1.33. The predicted molar refractivity (Wildman–Crippen MR) is 63.2 cm³/mol. The number of rotatable bonds is 3. The zero-order valence-corrected chi connectivity index (χ0v) is 10.2. The quantitative estimate of drug-likeness (QED) is 0.790. The molecule has 2 rings (SSSR count). The third-order valence-electron chi connectivity index (χ3n) is 4.12. The first-order valence-corrected chi connectivity index (χ1v) is 6.61. The topological polar surface area (TPSA) is 40.5 Å². The van der Waals surface area contributed by atoms with Crippen LogP contribution in [0.15, 0.2) is 0 Å². The molecule has 92 valence electrons. The Morgan fingerprint density at radius 3 is 3.00 bits per heavy atom. The Bertz CT molecular complexity index is 254. The van der Waals surface area contributed by atoms with Crippen LogP contribution >= 0.6 is 0 Å². The van der Waals surface area contributed by atoms with Crippen LogP contribution in [0.3, 0.4) is 0 Å². The van der Waals surface area contributed by atoms with Crippen molar-refractivity contribution in [2.45, 2.75) is 45.1 Å². The van der Waals surface area contributed by atoms with Crippen molar-refractivity contribution in [3.8, 4) is 0 Å². The van der Waals surface area contributed by atoms with E-state index in [-0.39, 0.29) is 6.61 Å². The van der Waals surface area contributed by atoms with Gasteiger partial charge in [-0.15, -0.1) is 0 Å². The van der Waals surface area contributed by atoms with Crippen LogP contribution in [0.1, 0.15) is 39.0 Å². The molecule has 0 spiro atoms. The number of aliphatic hydroxyl groups is 1.